The number of benzene rings is 1. The Kier molecular flexibility index (Phi) is 3.74. The Bertz CT molecular complexity index is 464. The third-order valence-electron chi connectivity index (χ3n) is 2.09. The van der Waals surface area contributed by atoms with Gasteiger partial charge in [0.2, 0.25) is 0 Å². The fraction of sp³-hybridized carbons (Fsp3) is 0.0833. The number of anilines is 1. The number of hydrogen-bond donors (Lipinski definition) is 1. The van der Waals surface area contributed by atoms with E-state index in [0.717, 1.165) is 15.0 Å². The van der Waals surface area contributed by atoms with Crippen LogP contribution in [0.1, 0.15) is 9.67 Å². The lowest BCUT2D eigenvalue weighted by atomic mass is 10.3. The molecule has 1 heterocycles. The van der Waals surface area contributed by atoms with Crippen molar-refractivity contribution in [2.75, 3.05) is 11.9 Å². The summed E-state index contributed by atoms with van der Waals surface area (Å²) < 4.78 is 1.03. The molecule has 16 heavy (non-hydrogen) atoms. The third kappa shape index (κ3) is 2.93. The van der Waals surface area contributed by atoms with Crippen molar-refractivity contribution in [1.29, 1.82) is 0 Å². The number of rotatable bonds is 4. The van der Waals surface area contributed by atoms with E-state index in [0.29, 0.717) is 6.54 Å². The van der Waals surface area contributed by atoms with Gasteiger partial charge in [-0.1, -0.05) is 22.0 Å². The van der Waals surface area contributed by atoms with Crippen molar-refractivity contribution in [3.05, 3.63) is 51.1 Å². The van der Waals surface area contributed by atoms with E-state index in [9.17, 15) is 4.79 Å². The topological polar surface area (TPSA) is 29.1 Å². The summed E-state index contributed by atoms with van der Waals surface area (Å²) in [6.07, 6.45) is 0. The van der Waals surface area contributed by atoms with Gasteiger partial charge in [-0.2, -0.15) is 0 Å². The molecule has 0 bridgehead atoms. The maximum atomic E-state index is 11.7. The minimum absolute atomic E-state index is 0.123. The van der Waals surface area contributed by atoms with Crippen LogP contribution in [-0.2, 0) is 0 Å². The van der Waals surface area contributed by atoms with Crippen LogP contribution in [0.15, 0.2) is 46.3 Å². The standard InChI is InChI=1S/C12H10BrNOS/c13-9-3-5-10(6-4-9)14-8-11(15)12-2-1-7-16-12/h1-7,14H,8H2. The molecule has 0 fully saturated rings. The highest BCUT2D eigenvalue weighted by atomic mass is 79.9. The number of thiophene rings is 1. The molecule has 82 valence electrons. The average Bonchev–Trinajstić information content (AvgIpc) is 2.81. The van der Waals surface area contributed by atoms with Crippen molar-refractivity contribution in [2.45, 2.75) is 0 Å². The predicted molar refractivity (Wildman–Crippen MR) is 71.3 cm³/mol. The maximum Gasteiger partial charge on any atom is 0.191 e. The number of carbonyl (C=O) groups is 1. The van der Waals surface area contributed by atoms with Gasteiger partial charge in [0.25, 0.3) is 0 Å². The van der Waals surface area contributed by atoms with Crippen LogP contribution in [0.5, 0.6) is 0 Å². The van der Waals surface area contributed by atoms with Gasteiger partial charge in [-0.25, -0.2) is 0 Å². The van der Waals surface area contributed by atoms with Crippen LogP contribution >= 0.6 is 27.3 Å². The lowest BCUT2D eigenvalue weighted by molar-refractivity contribution is 0.101. The first kappa shape index (κ1) is 11.4. The Balaban J connectivity index is 1.93. The lowest BCUT2D eigenvalue weighted by Gasteiger charge is -2.04. The van der Waals surface area contributed by atoms with Gasteiger partial charge in [0.1, 0.15) is 0 Å². The van der Waals surface area contributed by atoms with Gasteiger partial charge in [0.05, 0.1) is 11.4 Å². The summed E-state index contributed by atoms with van der Waals surface area (Å²) >= 11 is 4.84. The Morgan fingerprint density at radius 2 is 2.00 bits per heavy atom. The number of ketones is 1. The molecule has 0 amide bonds. The Labute approximate surface area is 106 Å². The van der Waals surface area contributed by atoms with E-state index in [1.165, 1.54) is 11.3 Å². The van der Waals surface area contributed by atoms with Crippen molar-refractivity contribution in [2.24, 2.45) is 0 Å². The molecule has 2 rings (SSSR count). The molecule has 0 saturated carbocycles. The highest BCUT2D eigenvalue weighted by Gasteiger charge is 2.05. The fourth-order valence-corrected chi connectivity index (χ4v) is 2.20. The first-order chi connectivity index (χ1) is 7.75. The van der Waals surface area contributed by atoms with Crippen LogP contribution in [0.25, 0.3) is 0 Å². The highest BCUT2D eigenvalue weighted by Crippen LogP contribution is 2.15. The molecule has 1 aromatic heterocycles. The molecule has 1 N–H and O–H groups in total. The summed E-state index contributed by atoms with van der Waals surface area (Å²) in [5.41, 5.74) is 0.952. The van der Waals surface area contributed by atoms with E-state index in [1.54, 1.807) is 0 Å². The van der Waals surface area contributed by atoms with Crippen molar-refractivity contribution in [1.82, 2.24) is 0 Å². The number of halogens is 1. The Morgan fingerprint density at radius 1 is 1.25 bits per heavy atom. The zero-order chi connectivity index (χ0) is 11.4. The highest BCUT2D eigenvalue weighted by molar-refractivity contribution is 9.10. The predicted octanol–water partition coefficient (Wildman–Crippen LogP) is 3.81. The molecule has 0 unspecified atom stereocenters. The van der Waals surface area contributed by atoms with E-state index in [-0.39, 0.29) is 5.78 Å². The second-order valence-corrected chi connectivity index (χ2v) is 5.12. The molecule has 0 aliphatic heterocycles. The number of Topliss-reactive ketones (excluding diaryl/α,β-unsaturated/α-hetero) is 1. The molecule has 2 aromatic rings. The van der Waals surface area contributed by atoms with Crippen molar-refractivity contribution >= 4 is 38.7 Å². The van der Waals surface area contributed by atoms with Crippen LogP contribution < -0.4 is 5.32 Å². The largest absolute Gasteiger partial charge is 0.378 e. The first-order valence-electron chi connectivity index (χ1n) is 4.82. The quantitative estimate of drug-likeness (QED) is 0.869. The molecular formula is C12H10BrNOS. The number of nitrogens with one attached hydrogen (secondary N) is 1. The fourth-order valence-electron chi connectivity index (χ4n) is 1.27. The molecular weight excluding hydrogens is 286 g/mol. The maximum absolute atomic E-state index is 11.7. The summed E-state index contributed by atoms with van der Waals surface area (Å²) in [5.74, 6) is 0.123. The van der Waals surface area contributed by atoms with E-state index in [2.05, 4.69) is 21.2 Å². The lowest BCUT2D eigenvalue weighted by Crippen LogP contribution is -2.12. The normalized spacial score (nSPS) is 10.1. The second kappa shape index (κ2) is 5.27. The van der Waals surface area contributed by atoms with Crippen LogP contribution in [-0.4, -0.2) is 12.3 Å². The molecule has 0 aliphatic rings. The molecule has 1 aromatic carbocycles. The summed E-state index contributed by atoms with van der Waals surface area (Å²) in [5, 5.41) is 5.01. The molecule has 0 saturated heterocycles. The zero-order valence-corrected chi connectivity index (χ0v) is 10.8. The summed E-state index contributed by atoms with van der Waals surface area (Å²) in [6, 6.07) is 11.5. The SMILES string of the molecule is O=C(CNc1ccc(Br)cc1)c1cccs1. The summed E-state index contributed by atoms with van der Waals surface area (Å²) in [4.78, 5) is 12.5. The van der Waals surface area contributed by atoms with E-state index >= 15 is 0 Å². The van der Waals surface area contributed by atoms with Crippen LogP contribution in [0.3, 0.4) is 0 Å². The van der Waals surface area contributed by atoms with Gasteiger partial charge in [0, 0.05) is 10.2 Å². The average molecular weight is 296 g/mol. The number of carbonyl (C=O) groups excluding carboxylic acids is 1. The minimum atomic E-state index is 0.123. The number of hydrogen-bond acceptors (Lipinski definition) is 3. The second-order valence-electron chi connectivity index (χ2n) is 3.26. The molecule has 0 aliphatic carbocycles. The van der Waals surface area contributed by atoms with Crippen LogP contribution in [0.4, 0.5) is 5.69 Å². The molecule has 4 heteroatoms. The Morgan fingerprint density at radius 3 is 2.62 bits per heavy atom. The monoisotopic (exact) mass is 295 g/mol. The molecule has 2 nitrogen and oxygen atoms in total. The Hall–Kier alpha value is -1.13. The zero-order valence-electron chi connectivity index (χ0n) is 8.44. The van der Waals surface area contributed by atoms with Gasteiger partial charge >= 0.3 is 0 Å². The first-order valence-corrected chi connectivity index (χ1v) is 6.49. The van der Waals surface area contributed by atoms with Gasteiger partial charge in [-0.05, 0) is 35.7 Å². The van der Waals surface area contributed by atoms with Gasteiger partial charge < -0.3 is 5.32 Å². The third-order valence-corrected chi connectivity index (χ3v) is 3.53. The summed E-state index contributed by atoms with van der Waals surface area (Å²) in [7, 11) is 0. The van der Waals surface area contributed by atoms with Crippen LogP contribution in [0, 0.1) is 0 Å². The summed E-state index contributed by atoms with van der Waals surface area (Å²) in [6.45, 7) is 0.335. The smallest absolute Gasteiger partial charge is 0.191 e. The van der Waals surface area contributed by atoms with Crippen molar-refractivity contribution in [3.63, 3.8) is 0 Å². The van der Waals surface area contributed by atoms with Crippen LogP contribution in [0.2, 0.25) is 0 Å². The van der Waals surface area contributed by atoms with Gasteiger partial charge in [-0.3, -0.25) is 4.79 Å². The molecule has 0 radical (unpaired) electrons. The molecule has 0 atom stereocenters. The van der Waals surface area contributed by atoms with Crippen molar-refractivity contribution in [3.8, 4) is 0 Å². The van der Waals surface area contributed by atoms with E-state index in [4.69, 9.17) is 0 Å². The van der Waals surface area contributed by atoms with Crippen molar-refractivity contribution < 1.29 is 4.79 Å². The van der Waals surface area contributed by atoms with E-state index < -0.39 is 0 Å². The van der Waals surface area contributed by atoms with Gasteiger partial charge in [-0.15, -0.1) is 11.3 Å². The van der Waals surface area contributed by atoms with Gasteiger partial charge in [0.15, 0.2) is 5.78 Å². The molecule has 0 spiro atoms. The van der Waals surface area contributed by atoms with E-state index in [1.807, 2.05) is 41.8 Å². The minimum Gasteiger partial charge on any atom is -0.378 e.